The maximum Gasteiger partial charge on any atom is 0.226 e. The van der Waals surface area contributed by atoms with Crippen LogP contribution in [0.3, 0.4) is 0 Å². The summed E-state index contributed by atoms with van der Waals surface area (Å²) in [5.74, 6) is 3.22. The second kappa shape index (κ2) is 6.35. The van der Waals surface area contributed by atoms with E-state index in [1.54, 1.807) is 0 Å². The Morgan fingerprint density at radius 3 is 3.00 bits per heavy atom. The standard InChI is InChI=1S/C17H20N4OS/c22-17(15-8-14(15)16-18-11-19-20-16)21-7-6-12(9-21)10-23-13-4-2-1-3-5-13/h1-5,11-12,14-15H,6-10H2,(H,18,19,20)/t12-,14-,15-/m1/s1. The number of carbonyl (C=O) groups is 1. The minimum atomic E-state index is 0.114. The number of hydrogen-bond acceptors (Lipinski definition) is 4. The van der Waals surface area contributed by atoms with E-state index < -0.39 is 0 Å². The van der Waals surface area contributed by atoms with Gasteiger partial charge in [-0.05, 0) is 30.9 Å². The summed E-state index contributed by atoms with van der Waals surface area (Å²) in [6.07, 6.45) is 3.54. The van der Waals surface area contributed by atoms with Gasteiger partial charge in [-0.2, -0.15) is 5.10 Å². The maximum absolute atomic E-state index is 12.6. The van der Waals surface area contributed by atoms with E-state index >= 15 is 0 Å². The molecule has 1 aromatic heterocycles. The average Bonchev–Trinajstić information content (AvgIpc) is 3.02. The van der Waals surface area contributed by atoms with Crippen LogP contribution in [0.2, 0.25) is 0 Å². The van der Waals surface area contributed by atoms with Crippen molar-refractivity contribution in [3.8, 4) is 0 Å². The van der Waals surface area contributed by atoms with E-state index in [2.05, 4.69) is 44.3 Å². The predicted octanol–water partition coefficient (Wildman–Crippen LogP) is 2.55. The van der Waals surface area contributed by atoms with E-state index in [-0.39, 0.29) is 11.8 Å². The lowest BCUT2D eigenvalue weighted by Gasteiger charge is -2.16. The summed E-state index contributed by atoms with van der Waals surface area (Å²) in [5.41, 5.74) is 0. The summed E-state index contributed by atoms with van der Waals surface area (Å²) in [6.45, 7) is 1.80. The molecule has 0 unspecified atom stereocenters. The normalized spacial score (nSPS) is 26.4. The lowest BCUT2D eigenvalue weighted by atomic mass is 10.2. The zero-order valence-corrected chi connectivity index (χ0v) is 13.7. The first-order valence-electron chi connectivity index (χ1n) is 8.13. The fourth-order valence-electron chi connectivity index (χ4n) is 3.30. The molecule has 1 saturated carbocycles. The van der Waals surface area contributed by atoms with Crippen LogP contribution in [-0.2, 0) is 4.79 Å². The molecule has 1 amide bonds. The number of aromatic nitrogens is 3. The molecule has 2 heterocycles. The van der Waals surface area contributed by atoms with Crippen molar-refractivity contribution < 1.29 is 4.79 Å². The monoisotopic (exact) mass is 328 g/mol. The van der Waals surface area contributed by atoms with Crippen molar-refractivity contribution in [1.29, 1.82) is 0 Å². The van der Waals surface area contributed by atoms with Crippen LogP contribution in [0, 0.1) is 11.8 Å². The zero-order valence-electron chi connectivity index (χ0n) is 12.9. The van der Waals surface area contributed by atoms with Gasteiger partial charge >= 0.3 is 0 Å². The number of carbonyl (C=O) groups excluding carboxylic acids is 1. The molecular weight excluding hydrogens is 308 g/mol. The molecule has 1 N–H and O–H groups in total. The number of benzene rings is 1. The van der Waals surface area contributed by atoms with Gasteiger partial charge in [0.25, 0.3) is 0 Å². The number of likely N-dealkylation sites (tertiary alicyclic amines) is 1. The van der Waals surface area contributed by atoms with Crippen LogP contribution in [0.5, 0.6) is 0 Å². The fourth-order valence-corrected chi connectivity index (χ4v) is 4.35. The number of nitrogens with one attached hydrogen (secondary N) is 1. The van der Waals surface area contributed by atoms with Crippen molar-refractivity contribution in [2.24, 2.45) is 11.8 Å². The second-order valence-electron chi connectivity index (χ2n) is 6.38. The Bertz CT molecular complexity index is 660. The SMILES string of the molecule is O=C([C@@H]1C[C@H]1c1ncn[nH]1)N1CC[C@@H](CSc2ccccc2)C1. The van der Waals surface area contributed by atoms with Crippen molar-refractivity contribution in [2.45, 2.75) is 23.7 Å². The van der Waals surface area contributed by atoms with E-state index in [1.165, 1.54) is 11.2 Å². The Morgan fingerprint density at radius 1 is 1.35 bits per heavy atom. The summed E-state index contributed by atoms with van der Waals surface area (Å²) in [4.78, 5) is 20.1. The van der Waals surface area contributed by atoms with Crippen LogP contribution in [-0.4, -0.2) is 44.8 Å². The third-order valence-electron chi connectivity index (χ3n) is 4.72. The molecule has 0 spiro atoms. The van der Waals surface area contributed by atoms with Gasteiger partial charge in [-0.25, -0.2) is 4.98 Å². The van der Waals surface area contributed by atoms with Gasteiger partial charge in [0, 0.05) is 35.6 Å². The Kier molecular flexibility index (Phi) is 4.08. The van der Waals surface area contributed by atoms with Crippen molar-refractivity contribution in [1.82, 2.24) is 20.1 Å². The number of rotatable bonds is 5. The van der Waals surface area contributed by atoms with E-state index in [0.717, 1.165) is 37.5 Å². The Hall–Kier alpha value is -1.82. The van der Waals surface area contributed by atoms with Gasteiger partial charge in [0.05, 0.1) is 0 Å². The number of aromatic amines is 1. The first-order chi connectivity index (χ1) is 11.3. The van der Waals surface area contributed by atoms with Gasteiger partial charge in [-0.15, -0.1) is 11.8 Å². The highest BCUT2D eigenvalue weighted by Gasteiger charge is 2.48. The molecule has 0 radical (unpaired) electrons. The molecule has 5 nitrogen and oxygen atoms in total. The highest BCUT2D eigenvalue weighted by atomic mass is 32.2. The highest BCUT2D eigenvalue weighted by molar-refractivity contribution is 7.99. The minimum absolute atomic E-state index is 0.114. The van der Waals surface area contributed by atoms with Crippen LogP contribution in [0.1, 0.15) is 24.6 Å². The summed E-state index contributed by atoms with van der Waals surface area (Å²) >= 11 is 1.89. The topological polar surface area (TPSA) is 61.9 Å². The third-order valence-corrected chi connectivity index (χ3v) is 5.96. The van der Waals surface area contributed by atoms with Gasteiger partial charge in [0.15, 0.2) is 0 Å². The van der Waals surface area contributed by atoms with E-state index in [0.29, 0.717) is 11.8 Å². The van der Waals surface area contributed by atoms with Crippen LogP contribution in [0.25, 0.3) is 0 Å². The molecule has 4 rings (SSSR count). The van der Waals surface area contributed by atoms with Crippen LogP contribution in [0.4, 0.5) is 0 Å². The second-order valence-corrected chi connectivity index (χ2v) is 7.48. The molecule has 2 aliphatic rings. The zero-order chi connectivity index (χ0) is 15.6. The van der Waals surface area contributed by atoms with Gasteiger partial charge < -0.3 is 4.90 Å². The first kappa shape index (κ1) is 14.8. The lowest BCUT2D eigenvalue weighted by Crippen LogP contribution is -2.30. The van der Waals surface area contributed by atoms with Crippen molar-refractivity contribution in [2.75, 3.05) is 18.8 Å². The molecule has 1 aromatic carbocycles. The summed E-state index contributed by atoms with van der Waals surface area (Å²) in [6, 6.07) is 10.5. The molecule has 2 fully saturated rings. The molecule has 23 heavy (non-hydrogen) atoms. The molecule has 120 valence electrons. The Balaban J connectivity index is 1.26. The minimum Gasteiger partial charge on any atom is -0.342 e. The predicted molar refractivity (Wildman–Crippen MR) is 89.1 cm³/mol. The van der Waals surface area contributed by atoms with Gasteiger partial charge in [-0.3, -0.25) is 9.89 Å². The number of thioether (sulfide) groups is 1. The Morgan fingerprint density at radius 2 is 2.22 bits per heavy atom. The van der Waals surface area contributed by atoms with E-state index in [4.69, 9.17) is 0 Å². The van der Waals surface area contributed by atoms with Gasteiger partial charge in [0.2, 0.25) is 5.91 Å². The summed E-state index contributed by atoms with van der Waals surface area (Å²) in [5, 5.41) is 6.76. The van der Waals surface area contributed by atoms with Crippen LogP contribution >= 0.6 is 11.8 Å². The van der Waals surface area contributed by atoms with Crippen LogP contribution < -0.4 is 0 Å². The summed E-state index contributed by atoms with van der Waals surface area (Å²) < 4.78 is 0. The lowest BCUT2D eigenvalue weighted by molar-refractivity contribution is -0.131. The average molecular weight is 328 g/mol. The van der Waals surface area contributed by atoms with Crippen molar-refractivity contribution >= 4 is 17.7 Å². The maximum atomic E-state index is 12.6. The molecule has 1 aliphatic heterocycles. The highest BCUT2D eigenvalue weighted by Crippen LogP contribution is 2.47. The largest absolute Gasteiger partial charge is 0.342 e. The van der Waals surface area contributed by atoms with E-state index in [1.807, 2.05) is 17.8 Å². The molecule has 2 aromatic rings. The fraction of sp³-hybridized carbons (Fsp3) is 0.471. The number of H-pyrrole nitrogens is 1. The van der Waals surface area contributed by atoms with Gasteiger partial charge in [0.1, 0.15) is 12.2 Å². The molecular formula is C17H20N4OS. The summed E-state index contributed by atoms with van der Waals surface area (Å²) in [7, 11) is 0. The number of nitrogens with zero attached hydrogens (tertiary/aromatic N) is 3. The Labute approximate surface area is 139 Å². The molecule has 1 aliphatic carbocycles. The molecule has 3 atom stereocenters. The number of amides is 1. The molecule has 6 heteroatoms. The van der Waals surface area contributed by atoms with Crippen LogP contribution in [0.15, 0.2) is 41.6 Å². The van der Waals surface area contributed by atoms with E-state index in [9.17, 15) is 4.79 Å². The third kappa shape index (κ3) is 3.27. The van der Waals surface area contributed by atoms with Crippen molar-refractivity contribution in [3.63, 3.8) is 0 Å². The smallest absolute Gasteiger partial charge is 0.226 e. The van der Waals surface area contributed by atoms with Gasteiger partial charge in [-0.1, -0.05) is 18.2 Å². The number of hydrogen-bond donors (Lipinski definition) is 1. The molecule has 0 bridgehead atoms. The first-order valence-corrected chi connectivity index (χ1v) is 9.11. The quantitative estimate of drug-likeness (QED) is 0.857. The molecule has 1 saturated heterocycles. The van der Waals surface area contributed by atoms with Crippen molar-refractivity contribution in [3.05, 3.63) is 42.5 Å².